The van der Waals surface area contributed by atoms with E-state index in [9.17, 15) is 9.00 Å². The third-order valence-corrected chi connectivity index (χ3v) is 10.4. The van der Waals surface area contributed by atoms with Crippen LogP contribution in [-0.2, 0) is 31.4 Å². The first-order valence-electron chi connectivity index (χ1n) is 14.1. The zero-order valence-electron chi connectivity index (χ0n) is 22.4. The summed E-state index contributed by atoms with van der Waals surface area (Å²) < 4.78 is 29.0. The molecule has 2 heterocycles. The molecule has 2 aliphatic heterocycles. The van der Waals surface area contributed by atoms with Crippen LogP contribution in [0.1, 0.15) is 60.0 Å². The third kappa shape index (κ3) is 5.38. The Bertz CT molecular complexity index is 1370. The topological polar surface area (TPSA) is 68.2 Å². The van der Waals surface area contributed by atoms with Crippen LogP contribution in [0, 0.1) is 11.8 Å². The first-order chi connectivity index (χ1) is 19.0. The van der Waals surface area contributed by atoms with Gasteiger partial charge < -0.3 is 22.9 Å². The molecule has 4 atom stereocenters. The van der Waals surface area contributed by atoms with E-state index < -0.39 is 16.5 Å². The van der Waals surface area contributed by atoms with Crippen molar-refractivity contribution in [2.75, 3.05) is 37.5 Å². The monoisotopic (exact) mass is 567 g/mol. The number of halogens is 1. The maximum Gasteiger partial charge on any atom is 0.254 e. The Labute approximate surface area is 237 Å². The molecular formula is C31H36ClN2O4S-. The first kappa shape index (κ1) is 26.9. The average Bonchev–Trinajstić information content (AvgIpc) is 3.06. The van der Waals surface area contributed by atoms with Crippen molar-refractivity contribution in [1.29, 1.82) is 0 Å². The van der Waals surface area contributed by atoms with Crippen molar-refractivity contribution in [3.63, 3.8) is 0 Å². The molecule has 6 nitrogen and oxygen atoms in total. The van der Waals surface area contributed by atoms with E-state index in [1.54, 1.807) is 13.2 Å². The SMILES string of the molecule is CO[C@H]1/C=C/CCC[S-](=O)=NC(=O)c2ccc3c(c2)N(C[C@@H]2CC[C@H]21)C[C@@]1(CCCc2cc(Cl)ccc21)CO3. The smallest absolute Gasteiger partial charge is 0.254 e. The Balaban J connectivity index is 1.43. The lowest BCUT2D eigenvalue weighted by Gasteiger charge is -2.46. The highest BCUT2D eigenvalue weighted by atomic mass is 35.5. The summed E-state index contributed by atoms with van der Waals surface area (Å²) in [7, 11) is 0.243. The van der Waals surface area contributed by atoms with Crippen LogP contribution in [0.2, 0.25) is 5.02 Å². The lowest BCUT2D eigenvalue weighted by atomic mass is 9.68. The van der Waals surface area contributed by atoms with E-state index in [1.807, 2.05) is 18.2 Å². The van der Waals surface area contributed by atoms with E-state index >= 15 is 0 Å². The van der Waals surface area contributed by atoms with Crippen LogP contribution in [0.3, 0.4) is 0 Å². The molecule has 2 aromatic carbocycles. The predicted molar refractivity (Wildman–Crippen MR) is 155 cm³/mol. The average molecular weight is 568 g/mol. The first-order valence-corrected chi connectivity index (χ1v) is 15.8. The van der Waals surface area contributed by atoms with Crippen molar-refractivity contribution in [3.8, 4) is 5.75 Å². The lowest BCUT2D eigenvalue weighted by molar-refractivity contribution is 0.0132. The number of nitrogens with zero attached hydrogens (tertiary/aromatic N) is 2. The number of hydrogen-bond donors (Lipinski definition) is 0. The molecule has 2 aromatic rings. The molecule has 0 saturated heterocycles. The predicted octanol–water partition coefficient (Wildman–Crippen LogP) is 6.49. The van der Waals surface area contributed by atoms with E-state index in [2.05, 4.69) is 33.5 Å². The molecule has 0 N–H and O–H groups in total. The van der Waals surface area contributed by atoms with Crippen molar-refractivity contribution in [2.45, 2.75) is 56.5 Å². The number of ether oxygens (including phenoxy) is 2. The van der Waals surface area contributed by atoms with Gasteiger partial charge in [0, 0.05) is 36.2 Å². The standard InChI is InChI=1S/C31H36ClN2O4S/c1-37-28-7-3-2-4-15-39(36)33-30(35)22-9-13-29-27(17-22)34(18-23-8-11-25(23)28)19-31(20-38-29)14-5-6-21-16-24(32)10-12-26(21)31/h3,7,9-10,12-13,16-17,23,25,28H,2,4-6,8,11,14-15,18-20H2,1H3/q-1/b7-3+/t23-,25+,28-,31-/m0/s1. The highest BCUT2D eigenvalue weighted by molar-refractivity contribution is 7.75. The van der Waals surface area contributed by atoms with Crippen LogP contribution in [-0.4, -0.2) is 44.6 Å². The Hall–Kier alpha value is -2.35. The van der Waals surface area contributed by atoms with Gasteiger partial charge in [-0.25, -0.2) is 0 Å². The Morgan fingerprint density at radius 3 is 2.90 bits per heavy atom. The number of hydrogen-bond acceptors (Lipinski definition) is 6. The minimum Gasteiger partial charge on any atom is -0.490 e. The maximum atomic E-state index is 13.0. The van der Waals surface area contributed by atoms with Gasteiger partial charge in [-0.15, -0.1) is 0 Å². The van der Waals surface area contributed by atoms with Crippen LogP contribution in [0.25, 0.3) is 0 Å². The molecular weight excluding hydrogens is 532 g/mol. The number of benzene rings is 2. The Kier molecular flexibility index (Phi) is 7.75. The molecule has 0 aromatic heterocycles. The minimum absolute atomic E-state index is 0.0639. The van der Waals surface area contributed by atoms with Crippen molar-refractivity contribution in [3.05, 3.63) is 70.3 Å². The summed E-state index contributed by atoms with van der Waals surface area (Å²) in [5.41, 5.74) is 3.83. The van der Waals surface area contributed by atoms with Crippen LogP contribution in [0.5, 0.6) is 5.75 Å². The normalized spacial score (nSPS) is 30.3. The quantitative estimate of drug-likeness (QED) is 0.291. The van der Waals surface area contributed by atoms with Crippen LogP contribution < -0.4 is 9.64 Å². The second kappa shape index (κ2) is 11.3. The second-order valence-corrected chi connectivity index (χ2v) is 13.2. The molecule has 0 radical (unpaired) electrons. The number of aryl methyl sites for hydroxylation is 1. The van der Waals surface area contributed by atoms with E-state index in [0.29, 0.717) is 36.2 Å². The van der Waals surface area contributed by atoms with Crippen molar-refractivity contribution >= 4 is 33.8 Å². The largest absolute Gasteiger partial charge is 0.490 e. The number of allylic oxidation sites excluding steroid dienone is 1. The number of carbonyl (C=O) groups excluding carboxylic acids is 1. The van der Waals surface area contributed by atoms with E-state index in [1.165, 1.54) is 11.1 Å². The van der Waals surface area contributed by atoms with Gasteiger partial charge in [0.25, 0.3) is 5.91 Å². The number of rotatable bonds is 1. The summed E-state index contributed by atoms with van der Waals surface area (Å²) >= 11 is 6.39. The molecule has 1 spiro atoms. The van der Waals surface area contributed by atoms with E-state index in [0.717, 1.165) is 68.1 Å². The van der Waals surface area contributed by atoms with Gasteiger partial charge in [0.15, 0.2) is 0 Å². The van der Waals surface area contributed by atoms with E-state index in [4.69, 9.17) is 21.1 Å². The fourth-order valence-corrected chi connectivity index (χ4v) is 7.92. The highest BCUT2D eigenvalue weighted by Crippen LogP contribution is 2.47. The van der Waals surface area contributed by atoms with Crippen molar-refractivity contribution < 1.29 is 18.5 Å². The van der Waals surface area contributed by atoms with Crippen molar-refractivity contribution in [2.24, 2.45) is 16.2 Å². The number of fused-ring (bicyclic) bond motifs is 4. The molecule has 6 rings (SSSR count). The van der Waals surface area contributed by atoms with Crippen LogP contribution in [0.15, 0.2) is 52.9 Å². The fraction of sp³-hybridized carbons (Fsp3) is 0.516. The van der Waals surface area contributed by atoms with E-state index in [-0.39, 0.29) is 11.5 Å². The van der Waals surface area contributed by atoms with Gasteiger partial charge in [0.2, 0.25) is 0 Å². The number of anilines is 1. The number of amides is 1. The Morgan fingerprint density at radius 1 is 1.18 bits per heavy atom. The summed E-state index contributed by atoms with van der Waals surface area (Å²) in [6.07, 6.45) is 11.3. The summed E-state index contributed by atoms with van der Waals surface area (Å²) in [6, 6.07) is 11.8. The van der Waals surface area contributed by atoms with Gasteiger partial charge in [0.1, 0.15) is 5.75 Å². The van der Waals surface area contributed by atoms with Crippen LogP contribution in [0.4, 0.5) is 5.69 Å². The number of carbonyl (C=O) groups is 1. The van der Waals surface area contributed by atoms with Gasteiger partial charge in [0.05, 0.1) is 18.4 Å². The zero-order chi connectivity index (χ0) is 27.0. The molecule has 2 bridgehead atoms. The van der Waals surface area contributed by atoms with Crippen LogP contribution >= 0.6 is 11.6 Å². The molecule has 8 heteroatoms. The minimum atomic E-state index is -1.55. The Morgan fingerprint density at radius 2 is 2.08 bits per heavy atom. The molecule has 39 heavy (non-hydrogen) atoms. The fourth-order valence-electron chi connectivity index (χ4n) is 6.93. The van der Waals surface area contributed by atoms with Gasteiger partial charge in [-0.1, -0.05) is 42.0 Å². The highest BCUT2D eigenvalue weighted by Gasteiger charge is 2.44. The maximum absolute atomic E-state index is 13.0. The molecule has 2 aliphatic carbocycles. The zero-order valence-corrected chi connectivity index (χ0v) is 24.0. The van der Waals surface area contributed by atoms with Gasteiger partial charge in [-0.2, -0.15) is 10.6 Å². The lowest BCUT2D eigenvalue weighted by Crippen LogP contribution is -2.49. The third-order valence-electron chi connectivity index (χ3n) is 9.11. The molecule has 1 saturated carbocycles. The van der Waals surface area contributed by atoms with Crippen molar-refractivity contribution in [1.82, 2.24) is 0 Å². The molecule has 208 valence electrons. The summed E-state index contributed by atoms with van der Waals surface area (Å²) in [4.78, 5) is 15.5. The van der Waals surface area contributed by atoms with Gasteiger partial charge in [-0.05, 0) is 91.8 Å². The molecule has 4 aliphatic rings. The number of methoxy groups -OCH3 is 1. The summed E-state index contributed by atoms with van der Waals surface area (Å²) in [5.74, 6) is 1.63. The summed E-state index contributed by atoms with van der Waals surface area (Å²) in [6.45, 7) is 2.23. The van der Waals surface area contributed by atoms with Gasteiger partial charge >= 0.3 is 0 Å². The second-order valence-electron chi connectivity index (χ2n) is 11.5. The molecule has 0 unspecified atom stereocenters. The van der Waals surface area contributed by atoms with Gasteiger partial charge in [-0.3, -0.25) is 4.79 Å². The summed E-state index contributed by atoms with van der Waals surface area (Å²) in [5, 5.41) is 0.772. The molecule has 1 amide bonds. The molecule has 1 fully saturated rings.